The number of aryl methyl sites for hydroxylation is 2. The maximum Gasteiger partial charge on any atom is 0 e. The number of benzene rings is 2. The molecule has 0 bridgehead atoms. The van der Waals surface area contributed by atoms with E-state index in [9.17, 15) is 14.7 Å². The van der Waals surface area contributed by atoms with Gasteiger partial charge in [-0.05, 0) is 0 Å². The third-order valence-electron chi connectivity index (χ3n) is 7.29. The van der Waals surface area contributed by atoms with Gasteiger partial charge in [0, 0.05) is 21.1 Å². The quantitative estimate of drug-likeness (QED) is 0.0495. The van der Waals surface area contributed by atoms with Crippen LogP contribution in [0.2, 0.25) is 0 Å². The van der Waals surface area contributed by atoms with Crippen LogP contribution in [0.5, 0.6) is 0 Å². The van der Waals surface area contributed by atoms with Crippen LogP contribution in [0.1, 0.15) is 115 Å². The van der Waals surface area contributed by atoms with Gasteiger partial charge in [-0.2, -0.15) is 0 Å². The van der Waals surface area contributed by atoms with Crippen LogP contribution in [0.25, 0.3) is 0 Å². The molecule has 0 aromatic heterocycles. The number of rotatable bonds is 18. The maximum absolute atomic E-state index is 10.8. The van der Waals surface area contributed by atoms with E-state index in [1.165, 1.54) is 101 Å². The molecule has 1 saturated heterocycles. The average Bonchev–Trinajstić information content (AvgIpc) is 3.39. The van der Waals surface area contributed by atoms with E-state index in [4.69, 9.17) is 0 Å². The Morgan fingerprint density at radius 3 is 1.14 bits per heavy atom. The Morgan fingerprint density at radius 2 is 0.838 bits per heavy atom. The third-order valence-corrected chi connectivity index (χ3v) is 24.5. The molecule has 1 fully saturated rings. The Morgan fingerprint density at radius 1 is 0.541 bits per heavy atom. The van der Waals surface area contributed by atoms with Gasteiger partial charge in [-0.25, -0.2) is 0 Å². The zero-order valence-electron chi connectivity index (χ0n) is 22.9. The van der Waals surface area contributed by atoms with Gasteiger partial charge >= 0.3 is 199 Å². The number of hydrogen-bond acceptors (Lipinski definition) is 4. The molecule has 0 spiro atoms. The summed E-state index contributed by atoms with van der Waals surface area (Å²) in [7, 11) is -1.26. The van der Waals surface area contributed by atoms with Gasteiger partial charge in [0.2, 0.25) is 0 Å². The van der Waals surface area contributed by atoms with Gasteiger partial charge < -0.3 is 0 Å². The Bertz CT molecular complexity index is 852. The van der Waals surface area contributed by atoms with Crippen LogP contribution in [0.15, 0.2) is 58.3 Å². The molecule has 1 aliphatic heterocycles. The summed E-state index contributed by atoms with van der Waals surface area (Å²) in [5.74, 6) is 0. The van der Waals surface area contributed by atoms with Gasteiger partial charge in [-0.1, -0.05) is 26.7 Å². The predicted octanol–water partition coefficient (Wildman–Crippen LogP) is 10.3. The fraction of sp³-hybridized carbons (Fsp3) is 0.600. The van der Waals surface area contributed by atoms with E-state index in [0.717, 1.165) is 33.0 Å². The first-order chi connectivity index (χ1) is 17.3. The van der Waals surface area contributed by atoms with Gasteiger partial charge in [-0.15, -0.1) is 0 Å². The number of hydrogen-bond donors (Lipinski definition) is 3. The standard InChI is InChI=1S/C30H49O3PS2.Mo/c1-3-5-7-9-11-13-15-17-27-19-23-29(24-20-27)36(34(31,32,33)35-36)30-25-21-28(22-26-30)18-16-14-12-10-8-6-4-2;/h19-26,31-33H,3-18H2,1-2H3;. The summed E-state index contributed by atoms with van der Waals surface area (Å²) in [6.45, 7) is 4.50. The molecule has 0 radical (unpaired) electrons. The van der Waals surface area contributed by atoms with Crippen molar-refractivity contribution in [3.63, 3.8) is 0 Å². The second-order valence-corrected chi connectivity index (χ2v) is 24.7. The minimum absolute atomic E-state index is 0. The van der Waals surface area contributed by atoms with Crippen LogP contribution in [-0.4, -0.2) is 14.7 Å². The SMILES string of the molecule is CCCCCCCCCc1ccc(S2(c3ccc(CCCCCCCCC)cc3)SP2(O)(O)O)cc1.[Mo]. The van der Waals surface area contributed by atoms with Crippen molar-refractivity contribution in [3.05, 3.63) is 59.7 Å². The first-order valence-electron chi connectivity index (χ1n) is 14.3. The minimum Gasteiger partial charge on any atom is 0 e. The van der Waals surface area contributed by atoms with Crippen molar-refractivity contribution in [2.45, 2.75) is 126 Å². The second kappa shape index (κ2) is 15.8. The third kappa shape index (κ3) is 9.34. The molecular formula is C30H49MoO3PS2. The first kappa shape index (κ1) is 33.3. The maximum atomic E-state index is 10.8. The van der Waals surface area contributed by atoms with Crippen LogP contribution in [0.3, 0.4) is 0 Å². The van der Waals surface area contributed by atoms with Gasteiger partial charge in [-0.3, -0.25) is 0 Å². The van der Waals surface area contributed by atoms with E-state index in [0.29, 0.717) is 0 Å². The van der Waals surface area contributed by atoms with Crippen molar-refractivity contribution >= 4 is 24.8 Å². The van der Waals surface area contributed by atoms with E-state index in [1.54, 1.807) is 0 Å². The van der Waals surface area contributed by atoms with Crippen LogP contribution in [0.4, 0.5) is 0 Å². The molecule has 0 amide bonds. The molecular weight excluding hydrogens is 599 g/mol. The van der Waals surface area contributed by atoms with Crippen LogP contribution < -0.4 is 0 Å². The first-order valence-corrected chi connectivity index (χ1v) is 20.6. The summed E-state index contributed by atoms with van der Waals surface area (Å²) in [5, 5.41) is 0. The molecule has 3 N–H and O–H groups in total. The van der Waals surface area contributed by atoms with Crippen molar-refractivity contribution in [2.24, 2.45) is 0 Å². The second-order valence-electron chi connectivity index (χ2n) is 10.5. The molecule has 37 heavy (non-hydrogen) atoms. The van der Waals surface area contributed by atoms with Gasteiger partial charge in [0.05, 0.1) is 0 Å². The fourth-order valence-electron chi connectivity index (χ4n) is 5.02. The molecule has 0 aliphatic carbocycles. The van der Waals surface area contributed by atoms with Crippen LogP contribution in [0, 0.1) is 0 Å². The molecule has 2 aromatic rings. The molecule has 3 rings (SSSR count). The van der Waals surface area contributed by atoms with Crippen LogP contribution in [-0.2, 0) is 33.9 Å². The average molecular weight is 649 g/mol. The van der Waals surface area contributed by atoms with E-state index in [1.807, 2.05) is 24.3 Å². The Balaban J connectivity index is 0.00000481. The molecule has 7 heteroatoms. The molecule has 210 valence electrons. The summed E-state index contributed by atoms with van der Waals surface area (Å²) in [6.07, 6.45) is 20.3. The fourth-order valence-corrected chi connectivity index (χ4v) is 23.0. The topological polar surface area (TPSA) is 60.7 Å². The Hall–Kier alpha value is 0.138. The molecule has 0 unspecified atom stereocenters. The molecule has 3 nitrogen and oxygen atoms in total. The summed E-state index contributed by atoms with van der Waals surface area (Å²) in [4.78, 5) is 34.2. The van der Waals surface area contributed by atoms with Gasteiger partial charge in [0.15, 0.2) is 0 Å². The monoisotopic (exact) mass is 650 g/mol. The van der Waals surface area contributed by atoms with Gasteiger partial charge in [0.1, 0.15) is 0 Å². The zero-order chi connectivity index (χ0) is 25.9. The normalized spacial score (nSPS) is 18.8. The van der Waals surface area contributed by atoms with Crippen molar-refractivity contribution in [3.8, 4) is 0 Å². The molecule has 1 aliphatic rings. The zero-order valence-corrected chi connectivity index (χ0v) is 27.5. The number of unbranched alkanes of at least 4 members (excludes halogenated alkanes) is 12. The molecule has 2 aromatic carbocycles. The van der Waals surface area contributed by atoms with Crippen molar-refractivity contribution < 1.29 is 35.7 Å². The molecule has 0 atom stereocenters. The van der Waals surface area contributed by atoms with Gasteiger partial charge in [0.25, 0.3) is 0 Å². The summed E-state index contributed by atoms with van der Waals surface area (Å²) in [6, 6.07) is 16.5. The van der Waals surface area contributed by atoms with E-state index in [2.05, 4.69) is 38.1 Å². The smallest absolute Gasteiger partial charge is 0 e. The molecule has 1 heterocycles. The van der Waals surface area contributed by atoms with Crippen molar-refractivity contribution in [1.82, 2.24) is 0 Å². The largest absolute Gasteiger partial charge is 0 e. The van der Waals surface area contributed by atoms with E-state index >= 15 is 0 Å². The Kier molecular flexibility index (Phi) is 14.2. The minimum atomic E-state index is -4.73. The van der Waals surface area contributed by atoms with E-state index in [-0.39, 0.29) is 21.1 Å². The van der Waals surface area contributed by atoms with E-state index < -0.39 is 14.4 Å². The predicted molar refractivity (Wildman–Crippen MR) is 162 cm³/mol. The summed E-state index contributed by atoms with van der Waals surface area (Å²) in [5.41, 5.74) is -2.17. The summed E-state index contributed by atoms with van der Waals surface area (Å²) < 4.78 is 0. The molecule has 0 saturated carbocycles. The van der Waals surface area contributed by atoms with Crippen molar-refractivity contribution in [2.75, 3.05) is 0 Å². The Labute approximate surface area is 245 Å². The summed E-state index contributed by atoms with van der Waals surface area (Å²) >= 11 is 0. The van der Waals surface area contributed by atoms with Crippen LogP contribution >= 0.6 is 24.8 Å². The van der Waals surface area contributed by atoms with Crippen molar-refractivity contribution in [1.29, 1.82) is 0 Å².